The Morgan fingerprint density at radius 3 is 2.65 bits per heavy atom. The lowest BCUT2D eigenvalue weighted by atomic mass is 10.1. The molecule has 6 nitrogen and oxygen atoms in total. The van der Waals surface area contributed by atoms with Gasteiger partial charge in [-0.25, -0.2) is 4.98 Å². The number of carbonyl (C=O) groups excluding carboxylic acids is 1. The molecule has 4 rings (SSSR count). The fraction of sp³-hybridized carbons (Fsp3) is 0.158. The van der Waals surface area contributed by atoms with Gasteiger partial charge in [0.1, 0.15) is 5.01 Å². The fourth-order valence-electron chi connectivity index (χ4n) is 2.73. The number of thiazole rings is 1. The molecule has 0 spiro atoms. The maximum Gasteiger partial charge on any atom is 0.258 e. The van der Waals surface area contributed by atoms with E-state index in [0.29, 0.717) is 29.4 Å². The largest absolute Gasteiger partial charge is 0.335 e. The third-order valence-corrected chi connectivity index (χ3v) is 4.99. The second kappa shape index (κ2) is 6.68. The predicted octanol–water partition coefficient (Wildman–Crippen LogP) is 3.93. The minimum absolute atomic E-state index is 0.115. The standard InChI is InChI=1S/C19H16N4O2S/c1-12-20-18(25-22-12)13-7-3-4-8-14(13)19(24)23(2)11-17-21-15-9-5-6-10-16(15)26-17/h3-10H,11H2,1-2H3. The summed E-state index contributed by atoms with van der Waals surface area (Å²) in [6.45, 7) is 2.19. The number of aryl methyl sites for hydroxylation is 1. The molecule has 26 heavy (non-hydrogen) atoms. The Morgan fingerprint density at radius 2 is 1.88 bits per heavy atom. The van der Waals surface area contributed by atoms with Crippen LogP contribution in [0.1, 0.15) is 21.2 Å². The molecule has 0 saturated carbocycles. The number of para-hydroxylation sites is 1. The molecule has 0 unspecified atom stereocenters. The van der Waals surface area contributed by atoms with Gasteiger partial charge in [-0.1, -0.05) is 29.4 Å². The molecule has 2 heterocycles. The molecule has 0 N–H and O–H groups in total. The minimum Gasteiger partial charge on any atom is -0.335 e. The lowest BCUT2D eigenvalue weighted by Gasteiger charge is -2.17. The topological polar surface area (TPSA) is 72.1 Å². The molecule has 0 bridgehead atoms. The fourth-order valence-corrected chi connectivity index (χ4v) is 3.75. The molecule has 1 amide bonds. The number of nitrogens with zero attached hydrogens (tertiary/aromatic N) is 4. The van der Waals surface area contributed by atoms with Gasteiger partial charge in [0.25, 0.3) is 11.8 Å². The predicted molar refractivity (Wildman–Crippen MR) is 99.9 cm³/mol. The summed E-state index contributed by atoms with van der Waals surface area (Å²) in [4.78, 5) is 23.5. The molecule has 2 aromatic heterocycles. The van der Waals surface area contributed by atoms with Crippen LogP contribution >= 0.6 is 11.3 Å². The minimum atomic E-state index is -0.115. The number of fused-ring (bicyclic) bond motifs is 1. The van der Waals surface area contributed by atoms with E-state index >= 15 is 0 Å². The summed E-state index contributed by atoms with van der Waals surface area (Å²) in [5, 5.41) is 4.71. The van der Waals surface area contributed by atoms with Crippen LogP contribution in [0.3, 0.4) is 0 Å². The van der Waals surface area contributed by atoms with Crippen molar-refractivity contribution < 1.29 is 9.32 Å². The van der Waals surface area contributed by atoms with Crippen LogP contribution in [0.4, 0.5) is 0 Å². The first-order chi connectivity index (χ1) is 12.6. The number of amides is 1. The highest BCUT2D eigenvalue weighted by Crippen LogP contribution is 2.25. The molecule has 2 aromatic carbocycles. The van der Waals surface area contributed by atoms with Gasteiger partial charge in [0.2, 0.25) is 0 Å². The zero-order valence-corrected chi connectivity index (χ0v) is 15.2. The molecular formula is C19H16N4O2S. The van der Waals surface area contributed by atoms with Gasteiger partial charge in [-0.05, 0) is 31.2 Å². The Balaban J connectivity index is 1.61. The lowest BCUT2D eigenvalue weighted by molar-refractivity contribution is 0.0785. The van der Waals surface area contributed by atoms with Gasteiger partial charge in [-0.3, -0.25) is 4.79 Å². The summed E-state index contributed by atoms with van der Waals surface area (Å²) in [5.41, 5.74) is 2.11. The van der Waals surface area contributed by atoms with Crippen LogP contribution in [0.5, 0.6) is 0 Å². The SMILES string of the molecule is Cc1noc(-c2ccccc2C(=O)N(C)Cc2nc3ccccc3s2)n1. The van der Waals surface area contributed by atoms with Crippen LogP contribution in [-0.2, 0) is 6.54 Å². The van der Waals surface area contributed by atoms with Gasteiger partial charge in [0.05, 0.1) is 27.9 Å². The lowest BCUT2D eigenvalue weighted by Crippen LogP contribution is -2.26. The van der Waals surface area contributed by atoms with E-state index in [-0.39, 0.29) is 5.91 Å². The summed E-state index contributed by atoms with van der Waals surface area (Å²) >= 11 is 1.60. The van der Waals surface area contributed by atoms with Crippen LogP contribution in [0, 0.1) is 6.92 Å². The summed E-state index contributed by atoms with van der Waals surface area (Å²) in [6.07, 6.45) is 0. The average Bonchev–Trinajstić information content (AvgIpc) is 3.26. The number of hydrogen-bond acceptors (Lipinski definition) is 6. The van der Waals surface area contributed by atoms with Crippen LogP contribution in [0.2, 0.25) is 0 Å². The van der Waals surface area contributed by atoms with E-state index < -0.39 is 0 Å². The summed E-state index contributed by atoms with van der Waals surface area (Å²) in [6, 6.07) is 15.2. The molecule has 0 aliphatic carbocycles. The second-order valence-corrected chi connectivity index (χ2v) is 7.04. The summed E-state index contributed by atoms with van der Waals surface area (Å²) < 4.78 is 6.35. The van der Waals surface area contributed by atoms with Gasteiger partial charge in [0, 0.05) is 7.05 Å². The van der Waals surface area contributed by atoms with Crippen molar-refractivity contribution in [3.63, 3.8) is 0 Å². The maximum absolute atomic E-state index is 13.0. The van der Waals surface area contributed by atoms with E-state index in [0.717, 1.165) is 15.2 Å². The number of carbonyl (C=O) groups is 1. The molecular weight excluding hydrogens is 348 g/mol. The third-order valence-electron chi connectivity index (χ3n) is 3.97. The van der Waals surface area contributed by atoms with Gasteiger partial charge in [-0.15, -0.1) is 11.3 Å². The first kappa shape index (κ1) is 16.4. The first-order valence-corrected chi connectivity index (χ1v) is 8.93. The van der Waals surface area contributed by atoms with Crippen molar-refractivity contribution in [3.05, 3.63) is 64.9 Å². The van der Waals surface area contributed by atoms with Crippen molar-refractivity contribution in [1.29, 1.82) is 0 Å². The van der Waals surface area contributed by atoms with E-state index in [9.17, 15) is 4.79 Å². The number of aromatic nitrogens is 3. The normalized spacial score (nSPS) is 11.0. The average molecular weight is 364 g/mol. The Hall–Kier alpha value is -3.06. The highest BCUT2D eigenvalue weighted by molar-refractivity contribution is 7.18. The number of hydrogen-bond donors (Lipinski definition) is 0. The van der Waals surface area contributed by atoms with Crippen LogP contribution in [0.25, 0.3) is 21.7 Å². The van der Waals surface area contributed by atoms with E-state index in [4.69, 9.17) is 4.52 Å². The Morgan fingerprint density at radius 1 is 1.12 bits per heavy atom. The van der Waals surface area contributed by atoms with Crippen molar-refractivity contribution in [2.75, 3.05) is 7.05 Å². The zero-order chi connectivity index (χ0) is 18.1. The van der Waals surface area contributed by atoms with E-state index in [1.165, 1.54) is 0 Å². The molecule has 0 saturated heterocycles. The van der Waals surface area contributed by atoms with Gasteiger partial charge in [0.15, 0.2) is 5.82 Å². The molecule has 0 radical (unpaired) electrons. The highest BCUT2D eigenvalue weighted by atomic mass is 32.1. The maximum atomic E-state index is 13.0. The number of rotatable bonds is 4. The highest BCUT2D eigenvalue weighted by Gasteiger charge is 2.20. The smallest absolute Gasteiger partial charge is 0.258 e. The summed E-state index contributed by atoms with van der Waals surface area (Å²) in [7, 11) is 1.77. The van der Waals surface area contributed by atoms with Crippen molar-refractivity contribution >= 4 is 27.5 Å². The Labute approximate surface area is 154 Å². The zero-order valence-electron chi connectivity index (χ0n) is 14.3. The van der Waals surface area contributed by atoms with Crippen molar-refractivity contribution in [2.24, 2.45) is 0 Å². The Bertz CT molecular complexity index is 1050. The first-order valence-electron chi connectivity index (χ1n) is 8.11. The van der Waals surface area contributed by atoms with Crippen LogP contribution in [-0.4, -0.2) is 33.0 Å². The molecule has 0 fully saturated rings. The molecule has 7 heteroatoms. The van der Waals surface area contributed by atoms with Gasteiger partial charge in [-0.2, -0.15) is 4.98 Å². The van der Waals surface area contributed by atoms with Crippen molar-refractivity contribution in [1.82, 2.24) is 20.0 Å². The van der Waals surface area contributed by atoms with E-state index in [2.05, 4.69) is 15.1 Å². The van der Waals surface area contributed by atoms with Gasteiger partial charge < -0.3 is 9.42 Å². The summed E-state index contributed by atoms with van der Waals surface area (Å²) in [5.74, 6) is 0.764. The van der Waals surface area contributed by atoms with Crippen molar-refractivity contribution in [2.45, 2.75) is 13.5 Å². The van der Waals surface area contributed by atoms with E-state index in [1.807, 2.05) is 42.5 Å². The monoisotopic (exact) mass is 364 g/mol. The van der Waals surface area contributed by atoms with Crippen LogP contribution in [0.15, 0.2) is 53.1 Å². The second-order valence-electron chi connectivity index (χ2n) is 5.93. The molecule has 0 aliphatic heterocycles. The van der Waals surface area contributed by atoms with Crippen LogP contribution < -0.4 is 0 Å². The van der Waals surface area contributed by atoms with Crippen molar-refractivity contribution in [3.8, 4) is 11.5 Å². The third kappa shape index (κ3) is 3.09. The van der Waals surface area contributed by atoms with Gasteiger partial charge >= 0.3 is 0 Å². The van der Waals surface area contributed by atoms with E-state index in [1.54, 1.807) is 36.3 Å². The molecule has 0 atom stereocenters. The quantitative estimate of drug-likeness (QED) is 0.549. The molecule has 0 aliphatic rings. The molecule has 4 aromatic rings. The number of benzene rings is 2. The molecule has 130 valence electrons. The Kier molecular flexibility index (Phi) is 4.22.